The zero-order chi connectivity index (χ0) is 14.0. The van der Waals surface area contributed by atoms with Crippen molar-refractivity contribution in [3.05, 3.63) is 17.6 Å². The average Bonchev–Trinajstić information content (AvgIpc) is 2.69. The second-order valence-corrected chi connectivity index (χ2v) is 7.00. The van der Waals surface area contributed by atoms with Gasteiger partial charge in [0.05, 0.1) is 6.54 Å². The van der Waals surface area contributed by atoms with Crippen LogP contribution in [0.1, 0.15) is 37.7 Å². The van der Waals surface area contributed by atoms with Crippen LogP contribution in [0.2, 0.25) is 0 Å². The first-order valence-electron chi connectivity index (χ1n) is 6.78. The predicted molar refractivity (Wildman–Crippen MR) is 73.1 cm³/mol. The SMILES string of the molecule is CCN(CC1CCC1)S(=O)(=O)c1cc(CN)oc1C. The first kappa shape index (κ1) is 14.6. The second kappa shape index (κ2) is 5.64. The van der Waals surface area contributed by atoms with Gasteiger partial charge in [-0.25, -0.2) is 8.42 Å². The van der Waals surface area contributed by atoms with Crippen LogP contribution in [0, 0.1) is 12.8 Å². The summed E-state index contributed by atoms with van der Waals surface area (Å²) < 4.78 is 32.1. The molecule has 19 heavy (non-hydrogen) atoms. The molecule has 0 bridgehead atoms. The Kier molecular flexibility index (Phi) is 4.32. The Labute approximate surface area is 114 Å². The molecule has 1 heterocycles. The van der Waals surface area contributed by atoms with Crippen LogP contribution in [-0.4, -0.2) is 25.8 Å². The molecule has 0 amide bonds. The minimum absolute atomic E-state index is 0.213. The Morgan fingerprint density at radius 1 is 1.47 bits per heavy atom. The van der Waals surface area contributed by atoms with Gasteiger partial charge in [0.1, 0.15) is 16.4 Å². The monoisotopic (exact) mass is 286 g/mol. The van der Waals surface area contributed by atoms with Crippen LogP contribution in [0.5, 0.6) is 0 Å². The molecule has 0 aliphatic heterocycles. The van der Waals surface area contributed by atoms with Crippen molar-refractivity contribution >= 4 is 10.0 Å². The predicted octanol–water partition coefficient (Wildman–Crippen LogP) is 1.86. The van der Waals surface area contributed by atoms with E-state index in [0.29, 0.717) is 30.5 Å². The Morgan fingerprint density at radius 3 is 2.58 bits per heavy atom. The van der Waals surface area contributed by atoms with Gasteiger partial charge in [0.15, 0.2) is 0 Å². The van der Waals surface area contributed by atoms with Gasteiger partial charge >= 0.3 is 0 Å². The lowest BCUT2D eigenvalue weighted by atomic mass is 9.85. The molecule has 0 spiro atoms. The van der Waals surface area contributed by atoms with Crippen molar-refractivity contribution in [1.82, 2.24) is 4.31 Å². The first-order valence-corrected chi connectivity index (χ1v) is 8.22. The zero-order valence-electron chi connectivity index (χ0n) is 11.6. The number of nitrogens with zero attached hydrogens (tertiary/aromatic N) is 1. The molecule has 108 valence electrons. The minimum atomic E-state index is -3.46. The van der Waals surface area contributed by atoms with Gasteiger partial charge in [-0.05, 0) is 25.7 Å². The summed E-state index contributed by atoms with van der Waals surface area (Å²) in [5, 5.41) is 0. The Balaban J connectivity index is 2.24. The van der Waals surface area contributed by atoms with E-state index in [1.807, 2.05) is 6.92 Å². The summed E-state index contributed by atoms with van der Waals surface area (Å²) in [6.45, 7) is 4.85. The van der Waals surface area contributed by atoms with Gasteiger partial charge in [0.25, 0.3) is 0 Å². The summed E-state index contributed by atoms with van der Waals surface area (Å²) in [5.41, 5.74) is 5.49. The Bertz CT molecular complexity index is 532. The highest BCUT2D eigenvalue weighted by Crippen LogP contribution is 2.30. The van der Waals surface area contributed by atoms with Crippen molar-refractivity contribution < 1.29 is 12.8 Å². The van der Waals surface area contributed by atoms with Crippen molar-refractivity contribution in [3.63, 3.8) is 0 Å². The molecule has 1 aliphatic rings. The number of hydrogen-bond acceptors (Lipinski definition) is 4. The van der Waals surface area contributed by atoms with E-state index < -0.39 is 10.0 Å². The van der Waals surface area contributed by atoms with Gasteiger partial charge in [-0.15, -0.1) is 0 Å². The normalized spacial score (nSPS) is 16.8. The van der Waals surface area contributed by atoms with Crippen LogP contribution in [0.3, 0.4) is 0 Å². The molecule has 1 fully saturated rings. The number of nitrogens with two attached hydrogens (primary N) is 1. The van der Waals surface area contributed by atoms with Crippen molar-refractivity contribution in [2.75, 3.05) is 13.1 Å². The number of rotatable bonds is 6. The summed E-state index contributed by atoms with van der Waals surface area (Å²) in [5.74, 6) is 1.44. The fourth-order valence-corrected chi connectivity index (χ4v) is 4.09. The van der Waals surface area contributed by atoms with E-state index in [-0.39, 0.29) is 11.4 Å². The summed E-state index contributed by atoms with van der Waals surface area (Å²) in [7, 11) is -3.46. The maximum atomic E-state index is 12.6. The molecule has 1 aromatic rings. The molecule has 6 heteroatoms. The molecular weight excluding hydrogens is 264 g/mol. The molecule has 1 aliphatic carbocycles. The van der Waals surface area contributed by atoms with E-state index in [0.717, 1.165) is 12.8 Å². The van der Waals surface area contributed by atoms with Gasteiger partial charge in [0.2, 0.25) is 10.0 Å². The smallest absolute Gasteiger partial charge is 0.246 e. The highest BCUT2D eigenvalue weighted by Gasteiger charge is 2.31. The third-order valence-corrected chi connectivity index (χ3v) is 5.83. The Hall–Kier alpha value is -0.850. The van der Waals surface area contributed by atoms with Crippen LogP contribution in [0.4, 0.5) is 0 Å². The third kappa shape index (κ3) is 2.85. The lowest BCUT2D eigenvalue weighted by molar-refractivity contribution is 0.249. The number of aryl methyl sites for hydroxylation is 1. The van der Waals surface area contributed by atoms with E-state index >= 15 is 0 Å². The van der Waals surface area contributed by atoms with Gasteiger partial charge in [-0.2, -0.15) is 4.31 Å². The summed E-state index contributed by atoms with van der Waals surface area (Å²) in [6.07, 6.45) is 3.47. The molecule has 0 atom stereocenters. The lowest BCUT2D eigenvalue weighted by Crippen LogP contribution is -2.37. The topological polar surface area (TPSA) is 76.5 Å². The van der Waals surface area contributed by atoms with Gasteiger partial charge < -0.3 is 10.2 Å². The minimum Gasteiger partial charge on any atom is -0.464 e. The van der Waals surface area contributed by atoms with Crippen LogP contribution in [0.25, 0.3) is 0 Å². The highest BCUT2D eigenvalue weighted by molar-refractivity contribution is 7.89. The second-order valence-electron chi connectivity index (χ2n) is 5.09. The quantitative estimate of drug-likeness (QED) is 0.866. The van der Waals surface area contributed by atoms with Crippen molar-refractivity contribution in [2.24, 2.45) is 11.7 Å². The zero-order valence-corrected chi connectivity index (χ0v) is 12.4. The summed E-state index contributed by atoms with van der Waals surface area (Å²) in [6, 6.07) is 1.55. The van der Waals surface area contributed by atoms with E-state index in [4.69, 9.17) is 10.2 Å². The molecule has 0 unspecified atom stereocenters. The molecule has 0 saturated heterocycles. The maximum Gasteiger partial charge on any atom is 0.246 e. The van der Waals surface area contributed by atoms with Gasteiger partial charge in [-0.1, -0.05) is 13.3 Å². The molecule has 0 aromatic carbocycles. The number of sulfonamides is 1. The summed E-state index contributed by atoms with van der Waals surface area (Å²) >= 11 is 0. The number of furan rings is 1. The molecule has 1 saturated carbocycles. The van der Waals surface area contributed by atoms with Crippen LogP contribution in [-0.2, 0) is 16.6 Å². The van der Waals surface area contributed by atoms with Crippen LogP contribution < -0.4 is 5.73 Å². The van der Waals surface area contributed by atoms with E-state index in [9.17, 15) is 8.42 Å². The molecule has 2 N–H and O–H groups in total. The first-order chi connectivity index (χ1) is 8.98. The van der Waals surface area contributed by atoms with E-state index in [1.165, 1.54) is 6.42 Å². The van der Waals surface area contributed by atoms with E-state index in [1.54, 1.807) is 17.3 Å². The third-order valence-electron chi connectivity index (χ3n) is 3.78. The fourth-order valence-electron chi connectivity index (χ4n) is 2.38. The molecule has 2 rings (SSSR count). The standard InChI is InChI=1S/C13H22N2O3S/c1-3-15(9-11-5-4-6-11)19(16,17)13-7-12(8-14)18-10(13)2/h7,11H,3-6,8-9,14H2,1-2H3. The maximum absolute atomic E-state index is 12.6. The molecule has 0 radical (unpaired) electrons. The van der Waals surface area contributed by atoms with Crippen LogP contribution >= 0.6 is 0 Å². The Morgan fingerprint density at radius 2 is 2.16 bits per heavy atom. The largest absolute Gasteiger partial charge is 0.464 e. The fraction of sp³-hybridized carbons (Fsp3) is 0.692. The van der Waals surface area contributed by atoms with Crippen LogP contribution in [0.15, 0.2) is 15.4 Å². The summed E-state index contributed by atoms with van der Waals surface area (Å²) in [4.78, 5) is 0.258. The van der Waals surface area contributed by atoms with Crippen molar-refractivity contribution in [1.29, 1.82) is 0 Å². The highest BCUT2D eigenvalue weighted by atomic mass is 32.2. The van der Waals surface area contributed by atoms with Gasteiger partial charge in [-0.3, -0.25) is 0 Å². The molecular formula is C13H22N2O3S. The molecule has 1 aromatic heterocycles. The van der Waals surface area contributed by atoms with Crippen molar-refractivity contribution in [3.8, 4) is 0 Å². The number of hydrogen-bond donors (Lipinski definition) is 1. The van der Waals surface area contributed by atoms with E-state index in [2.05, 4.69) is 0 Å². The van der Waals surface area contributed by atoms with Crippen molar-refractivity contribution in [2.45, 2.75) is 44.6 Å². The average molecular weight is 286 g/mol. The lowest BCUT2D eigenvalue weighted by Gasteiger charge is -2.31. The van der Waals surface area contributed by atoms with Gasteiger partial charge in [0, 0.05) is 19.2 Å². The molecule has 5 nitrogen and oxygen atoms in total.